The van der Waals surface area contributed by atoms with Gasteiger partial charge in [0, 0.05) is 6.54 Å². The summed E-state index contributed by atoms with van der Waals surface area (Å²) in [6, 6.07) is 6.07. The lowest BCUT2D eigenvalue weighted by Crippen LogP contribution is -2.13. The molecule has 19 heavy (non-hydrogen) atoms. The van der Waals surface area contributed by atoms with E-state index < -0.39 is 0 Å². The van der Waals surface area contributed by atoms with Crippen molar-refractivity contribution in [2.45, 2.75) is 33.7 Å². The van der Waals surface area contributed by atoms with Crippen LogP contribution < -0.4 is 14.8 Å². The monoisotopic (exact) mass is 263 g/mol. The van der Waals surface area contributed by atoms with Gasteiger partial charge in [0.1, 0.15) is 6.61 Å². The van der Waals surface area contributed by atoms with Gasteiger partial charge in [0.15, 0.2) is 11.5 Å². The van der Waals surface area contributed by atoms with Crippen molar-refractivity contribution in [2.75, 3.05) is 20.3 Å². The lowest BCUT2D eigenvalue weighted by Gasteiger charge is -2.12. The van der Waals surface area contributed by atoms with Crippen LogP contribution in [0.25, 0.3) is 0 Å². The quantitative estimate of drug-likeness (QED) is 0.575. The topological polar surface area (TPSA) is 30.5 Å². The summed E-state index contributed by atoms with van der Waals surface area (Å²) in [5.74, 6) is 1.58. The van der Waals surface area contributed by atoms with E-state index in [0.717, 1.165) is 31.0 Å². The molecule has 0 saturated carbocycles. The second-order valence-electron chi connectivity index (χ2n) is 4.75. The fraction of sp³-hybridized carbons (Fsp3) is 0.500. The Kier molecular flexibility index (Phi) is 7.04. The zero-order valence-electron chi connectivity index (χ0n) is 12.5. The van der Waals surface area contributed by atoms with Crippen LogP contribution in [0.15, 0.2) is 29.8 Å². The van der Waals surface area contributed by atoms with Crippen molar-refractivity contribution < 1.29 is 9.47 Å². The first-order chi connectivity index (χ1) is 9.17. The van der Waals surface area contributed by atoms with Crippen LogP contribution in [-0.2, 0) is 6.54 Å². The molecule has 1 aromatic carbocycles. The van der Waals surface area contributed by atoms with Gasteiger partial charge >= 0.3 is 0 Å². The zero-order chi connectivity index (χ0) is 14.1. The average molecular weight is 263 g/mol. The van der Waals surface area contributed by atoms with Crippen LogP contribution in [0.1, 0.15) is 32.8 Å². The molecule has 1 aromatic rings. The minimum atomic E-state index is 0.574. The van der Waals surface area contributed by atoms with Crippen LogP contribution in [0.4, 0.5) is 0 Å². The highest BCUT2D eigenvalue weighted by molar-refractivity contribution is 5.43. The molecular formula is C16H25NO2. The Balaban J connectivity index is 2.69. The van der Waals surface area contributed by atoms with Gasteiger partial charge in [-0.25, -0.2) is 0 Å². The molecule has 0 amide bonds. The fourth-order valence-electron chi connectivity index (χ4n) is 1.65. The molecule has 106 valence electrons. The number of benzene rings is 1. The highest BCUT2D eigenvalue weighted by Crippen LogP contribution is 2.28. The third kappa shape index (κ3) is 5.79. The van der Waals surface area contributed by atoms with Gasteiger partial charge in [0.2, 0.25) is 0 Å². The first kappa shape index (κ1) is 15.6. The molecular weight excluding hydrogens is 238 g/mol. The molecule has 3 nitrogen and oxygen atoms in total. The molecule has 0 radical (unpaired) electrons. The van der Waals surface area contributed by atoms with Crippen LogP contribution in [0, 0.1) is 0 Å². The maximum Gasteiger partial charge on any atom is 0.161 e. The predicted molar refractivity (Wildman–Crippen MR) is 79.9 cm³/mol. The van der Waals surface area contributed by atoms with E-state index in [1.54, 1.807) is 7.11 Å². The summed E-state index contributed by atoms with van der Waals surface area (Å²) < 4.78 is 11.1. The van der Waals surface area contributed by atoms with Crippen LogP contribution in [0.3, 0.4) is 0 Å². The highest BCUT2D eigenvalue weighted by Gasteiger charge is 2.05. The number of ether oxygens (including phenoxy) is 2. The van der Waals surface area contributed by atoms with Gasteiger partial charge < -0.3 is 14.8 Å². The molecule has 0 fully saturated rings. The summed E-state index contributed by atoms with van der Waals surface area (Å²) in [5, 5.41) is 3.38. The Morgan fingerprint density at radius 3 is 2.68 bits per heavy atom. The van der Waals surface area contributed by atoms with Crippen molar-refractivity contribution in [3.8, 4) is 11.5 Å². The number of nitrogens with one attached hydrogen (secondary N) is 1. The highest BCUT2D eigenvalue weighted by atomic mass is 16.5. The van der Waals surface area contributed by atoms with Gasteiger partial charge in [0.05, 0.1) is 7.11 Å². The van der Waals surface area contributed by atoms with Gasteiger partial charge in [0.25, 0.3) is 0 Å². The molecule has 0 bridgehead atoms. The van der Waals surface area contributed by atoms with Crippen LogP contribution in [0.5, 0.6) is 11.5 Å². The lowest BCUT2D eigenvalue weighted by atomic mass is 10.2. The standard InChI is InChI=1S/C16H25NO2/c1-5-9-17-12-14-6-7-15(18-4)16(11-14)19-10-8-13(2)3/h6-8,11,17H,5,9-10,12H2,1-4H3. The summed E-state index contributed by atoms with van der Waals surface area (Å²) in [7, 11) is 1.66. The second-order valence-corrected chi connectivity index (χ2v) is 4.75. The van der Waals surface area contributed by atoms with Crippen molar-refractivity contribution in [3.63, 3.8) is 0 Å². The molecule has 1 rings (SSSR count). The van der Waals surface area contributed by atoms with E-state index in [9.17, 15) is 0 Å². The molecule has 0 unspecified atom stereocenters. The second kappa shape index (κ2) is 8.59. The molecule has 0 saturated heterocycles. The van der Waals surface area contributed by atoms with Crippen LogP contribution >= 0.6 is 0 Å². The molecule has 0 aliphatic heterocycles. The van der Waals surface area contributed by atoms with E-state index in [2.05, 4.69) is 38.2 Å². The zero-order valence-corrected chi connectivity index (χ0v) is 12.5. The number of hydrogen-bond acceptors (Lipinski definition) is 3. The van der Waals surface area contributed by atoms with E-state index in [1.807, 2.05) is 12.1 Å². The summed E-state index contributed by atoms with van der Waals surface area (Å²) >= 11 is 0. The van der Waals surface area contributed by atoms with Crippen molar-refractivity contribution in [3.05, 3.63) is 35.4 Å². The van der Waals surface area contributed by atoms with Crippen LogP contribution in [0.2, 0.25) is 0 Å². The summed E-state index contributed by atoms with van der Waals surface area (Å²) in [6.07, 6.45) is 3.20. The van der Waals surface area contributed by atoms with Gasteiger partial charge in [-0.1, -0.05) is 18.6 Å². The van der Waals surface area contributed by atoms with Crippen LogP contribution in [-0.4, -0.2) is 20.3 Å². The number of rotatable bonds is 8. The molecule has 0 atom stereocenters. The Morgan fingerprint density at radius 2 is 2.05 bits per heavy atom. The van der Waals surface area contributed by atoms with Gasteiger partial charge in [-0.05, 0) is 50.6 Å². The van der Waals surface area contributed by atoms with Crippen molar-refractivity contribution >= 4 is 0 Å². The number of hydrogen-bond donors (Lipinski definition) is 1. The Morgan fingerprint density at radius 1 is 1.26 bits per heavy atom. The summed E-state index contributed by atoms with van der Waals surface area (Å²) in [5.41, 5.74) is 2.46. The van der Waals surface area contributed by atoms with E-state index in [-0.39, 0.29) is 0 Å². The number of allylic oxidation sites excluding steroid dienone is 1. The Bertz CT molecular complexity index is 409. The normalized spacial score (nSPS) is 10.1. The van der Waals surface area contributed by atoms with Gasteiger partial charge in [-0.15, -0.1) is 0 Å². The van der Waals surface area contributed by atoms with Gasteiger partial charge in [-0.2, -0.15) is 0 Å². The number of methoxy groups -OCH3 is 1. The average Bonchev–Trinajstić information content (AvgIpc) is 2.39. The first-order valence-corrected chi connectivity index (χ1v) is 6.81. The summed E-state index contributed by atoms with van der Waals surface area (Å²) in [6.45, 7) is 8.74. The molecule has 0 heterocycles. The van der Waals surface area contributed by atoms with Crippen molar-refractivity contribution in [1.29, 1.82) is 0 Å². The minimum absolute atomic E-state index is 0.574. The smallest absolute Gasteiger partial charge is 0.161 e. The molecule has 0 aromatic heterocycles. The van der Waals surface area contributed by atoms with E-state index >= 15 is 0 Å². The van der Waals surface area contributed by atoms with Crippen molar-refractivity contribution in [2.24, 2.45) is 0 Å². The largest absolute Gasteiger partial charge is 0.493 e. The lowest BCUT2D eigenvalue weighted by molar-refractivity contribution is 0.325. The minimum Gasteiger partial charge on any atom is -0.493 e. The maximum absolute atomic E-state index is 5.76. The van der Waals surface area contributed by atoms with E-state index in [1.165, 1.54) is 11.1 Å². The van der Waals surface area contributed by atoms with Gasteiger partial charge in [-0.3, -0.25) is 0 Å². The third-order valence-electron chi connectivity index (χ3n) is 2.71. The molecule has 0 aliphatic carbocycles. The Hall–Kier alpha value is -1.48. The molecule has 0 aliphatic rings. The SMILES string of the molecule is CCCNCc1ccc(OC)c(OCC=C(C)C)c1. The molecule has 0 spiro atoms. The summed E-state index contributed by atoms with van der Waals surface area (Å²) in [4.78, 5) is 0. The molecule has 1 N–H and O–H groups in total. The van der Waals surface area contributed by atoms with Crippen molar-refractivity contribution in [1.82, 2.24) is 5.32 Å². The van der Waals surface area contributed by atoms with E-state index in [0.29, 0.717) is 6.61 Å². The molecule has 3 heteroatoms. The maximum atomic E-state index is 5.76. The Labute approximate surface area is 116 Å². The van der Waals surface area contributed by atoms with E-state index in [4.69, 9.17) is 9.47 Å². The fourth-order valence-corrected chi connectivity index (χ4v) is 1.65. The third-order valence-corrected chi connectivity index (χ3v) is 2.71. The first-order valence-electron chi connectivity index (χ1n) is 6.81. The predicted octanol–water partition coefficient (Wildman–Crippen LogP) is 3.54.